The zero-order chi connectivity index (χ0) is 31.9. The van der Waals surface area contributed by atoms with Gasteiger partial charge in [-0.3, -0.25) is 9.59 Å². The second-order valence-electron chi connectivity index (χ2n) is 12.1. The van der Waals surface area contributed by atoms with Gasteiger partial charge in [0.15, 0.2) is 0 Å². The Morgan fingerprint density at radius 3 is 2.09 bits per heavy atom. The maximum absolute atomic E-state index is 14.6. The molecule has 43 heavy (non-hydrogen) atoms. The van der Waals surface area contributed by atoms with E-state index in [1.807, 2.05) is 76.2 Å². The fraction of sp³-hybridized carbons (Fsp3) is 0.400. The van der Waals surface area contributed by atoms with Gasteiger partial charge in [0.05, 0.1) is 0 Å². The zero-order valence-corrected chi connectivity index (χ0v) is 26.5. The number of amides is 3. The molecular formula is C35H45N3O5. The van der Waals surface area contributed by atoms with Gasteiger partial charge in [0.1, 0.15) is 23.4 Å². The number of phenols is 1. The van der Waals surface area contributed by atoms with Crippen LogP contribution in [0.4, 0.5) is 10.5 Å². The van der Waals surface area contributed by atoms with Crippen molar-refractivity contribution < 1.29 is 24.2 Å². The molecule has 3 rings (SSSR count). The Labute approximate surface area is 255 Å². The zero-order valence-electron chi connectivity index (χ0n) is 26.5. The Morgan fingerprint density at radius 2 is 1.53 bits per heavy atom. The van der Waals surface area contributed by atoms with Gasteiger partial charge in [0.2, 0.25) is 5.91 Å². The molecule has 3 atom stereocenters. The van der Waals surface area contributed by atoms with Crippen LogP contribution in [0.5, 0.6) is 5.75 Å². The average molecular weight is 588 g/mol. The molecule has 0 saturated heterocycles. The summed E-state index contributed by atoms with van der Waals surface area (Å²) in [6.07, 6.45) is 0.0366. The van der Waals surface area contributed by atoms with Crippen LogP contribution < -0.4 is 10.6 Å². The molecular weight excluding hydrogens is 542 g/mol. The van der Waals surface area contributed by atoms with Crippen LogP contribution in [-0.2, 0) is 20.7 Å². The number of hydrogen-bond donors (Lipinski definition) is 3. The number of rotatable bonds is 10. The molecule has 0 aliphatic rings. The van der Waals surface area contributed by atoms with Crippen LogP contribution in [0.2, 0.25) is 0 Å². The SMILES string of the molecule is CCC(C)N(C(=O)C(Cc1ccccc1)NC(=O)OC(C)(C)C)C(C(=O)Nc1c(C)cccc1C)c1ccc(O)c(C)c1. The molecule has 3 amide bonds. The minimum absolute atomic E-state index is 0.0904. The molecule has 0 fully saturated rings. The van der Waals surface area contributed by atoms with Gasteiger partial charge in [-0.2, -0.15) is 0 Å². The number of benzene rings is 3. The molecule has 0 radical (unpaired) electrons. The van der Waals surface area contributed by atoms with Gasteiger partial charge in [-0.1, -0.05) is 61.5 Å². The summed E-state index contributed by atoms with van der Waals surface area (Å²) in [6, 6.07) is 17.6. The number of hydrogen-bond acceptors (Lipinski definition) is 5. The third kappa shape index (κ3) is 8.83. The van der Waals surface area contributed by atoms with Crippen LogP contribution in [0.1, 0.15) is 74.9 Å². The quantitative estimate of drug-likeness (QED) is 0.243. The van der Waals surface area contributed by atoms with Crippen molar-refractivity contribution in [1.82, 2.24) is 10.2 Å². The Hall–Kier alpha value is -4.33. The summed E-state index contributed by atoms with van der Waals surface area (Å²) < 4.78 is 5.52. The molecule has 0 spiro atoms. The molecule has 0 aliphatic carbocycles. The molecule has 8 heteroatoms. The van der Waals surface area contributed by atoms with Crippen molar-refractivity contribution in [3.05, 3.63) is 94.5 Å². The largest absolute Gasteiger partial charge is 0.508 e. The highest BCUT2D eigenvalue weighted by Crippen LogP contribution is 2.31. The van der Waals surface area contributed by atoms with Crippen LogP contribution in [0.3, 0.4) is 0 Å². The van der Waals surface area contributed by atoms with Gasteiger partial charge >= 0.3 is 6.09 Å². The smallest absolute Gasteiger partial charge is 0.408 e. The van der Waals surface area contributed by atoms with Crippen LogP contribution in [0.25, 0.3) is 0 Å². The first kappa shape index (κ1) is 33.2. The Bertz CT molecular complexity index is 1410. The van der Waals surface area contributed by atoms with Gasteiger partial charge in [-0.15, -0.1) is 0 Å². The van der Waals surface area contributed by atoms with Crippen molar-refractivity contribution >= 4 is 23.6 Å². The van der Waals surface area contributed by atoms with E-state index in [9.17, 15) is 19.5 Å². The molecule has 0 aliphatic heterocycles. The molecule has 3 aromatic carbocycles. The van der Waals surface area contributed by atoms with Gasteiger partial charge in [0.25, 0.3) is 5.91 Å². The number of anilines is 1. The predicted octanol–water partition coefficient (Wildman–Crippen LogP) is 6.76. The Balaban J connectivity index is 2.14. The Morgan fingerprint density at radius 1 is 0.907 bits per heavy atom. The monoisotopic (exact) mass is 587 g/mol. The van der Waals surface area contributed by atoms with Crippen LogP contribution >= 0.6 is 0 Å². The first-order chi connectivity index (χ1) is 20.2. The van der Waals surface area contributed by atoms with Gasteiger partial charge in [-0.05, 0) is 94.8 Å². The van der Waals surface area contributed by atoms with Crippen molar-refractivity contribution in [2.24, 2.45) is 0 Å². The van der Waals surface area contributed by atoms with E-state index < -0.39 is 35.6 Å². The lowest BCUT2D eigenvalue weighted by Crippen LogP contribution is -2.55. The van der Waals surface area contributed by atoms with Crippen LogP contribution in [0.15, 0.2) is 66.7 Å². The number of carbonyl (C=O) groups is 3. The summed E-state index contributed by atoms with van der Waals surface area (Å²) in [4.78, 5) is 43.5. The van der Waals surface area contributed by atoms with Crippen molar-refractivity contribution in [3.8, 4) is 5.75 Å². The molecule has 3 aromatic rings. The molecule has 3 N–H and O–H groups in total. The highest BCUT2D eigenvalue weighted by atomic mass is 16.6. The lowest BCUT2D eigenvalue weighted by molar-refractivity contribution is -0.143. The van der Waals surface area contributed by atoms with Gasteiger partial charge in [-0.25, -0.2) is 4.79 Å². The van der Waals surface area contributed by atoms with E-state index in [4.69, 9.17) is 4.74 Å². The number of aryl methyl sites for hydroxylation is 3. The van der Waals surface area contributed by atoms with Crippen molar-refractivity contribution in [2.75, 3.05) is 5.32 Å². The Kier molecular flexibility index (Phi) is 11.0. The third-order valence-corrected chi connectivity index (χ3v) is 7.38. The summed E-state index contributed by atoms with van der Waals surface area (Å²) in [5.41, 5.74) is 3.66. The van der Waals surface area contributed by atoms with Crippen LogP contribution in [0, 0.1) is 20.8 Å². The fourth-order valence-corrected chi connectivity index (χ4v) is 4.97. The summed E-state index contributed by atoms with van der Waals surface area (Å²) in [5, 5.41) is 16.1. The van der Waals surface area contributed by atoms with Crippen LogP contribution in [-0.4, -0.2) is 45.6 Å². The number of aromatic hydroxyl groups is 1. The first-order valence-electron chi connectivity index (χ1n) is 14.7. The number of nitrogens with one attached hydrogen (secondary N) is 2. The normalized spacial score (nSPS) is 13.4. The van der Waals surface area contributed by atoms with E-state index in [0.29, 0.717) is 23.2 Å². The van der Waals surface area contributed by atoms with E-state index in [-0.39, 0.29) is 18.2 Å². The van der Waals surface area contributed by atoms with Crippen molar-refractivity contribution in [1.29, 1.82) is 0 Å². The fourth-order valence-electron chi connectivity index (χ4n) is 4.97. The predicted molar refractivity (Wildman–Crippen MR) is 170 cm³/mol. The number of para-hydroxylation sites is 1. The maximum Gasteiger partial charge on any atom is 0.408 e. The number of carbonyl (C=O) groups excluding carboxylic acids is 3. The summed E-state index contributed by atoms with van der Waals surface area (Å²) in [6.45, 7) is 14.7. The van der Waals surface area contributed by atoms with E-state index in [1.54, 1.807) is 44.7 Å². The highest BCUT2D eigenvalue weighted by Gasteiger charge is 2.39. The average Bonchev–Trinajstić information content (AvgIpc) is 2.93. The topological polar surface area (TPSA) is 108 Å². The summed E-state index contributed by atoms with van der Waals surface area (Å²) in [5.74, 6) is -0.726. The number of ether oxygens (including phenoxy) is 1. The minimum atomic E-state index is -1.06. The third-order valence-electron chi connectivity index (χ3n) is 7.38. The summed E-state index contributed by atoms with van der Waals surface area (Å²) >= 11 is 0. The van der Waals surface area contributed by atoms with Crippen molar-refractivity contribution in [2.45, 2.75) is 92.0 Å². The number of nitrogens with zero attached hydrogens (tertiary/aromatic N) is 1. The molecule has 0 saturated carbocycles. The van der Waals surface area contributed by atoms with Gasteiger partial charge in [0, 0.05) is 18.2 Å². The molecule has 0 heterocycles. The molecule has 8 nitrogen and oxygen atoms in total. The lowest BCUT2D eigenvalue weighted by atomic mass is 9.96. The minimum Gasteiger partial charge on any atom is -0.508 e. The highest BCUT2D eigenvalue weighted by molar-refractivity contribution is 6.00. The van der Waals surface area contributed by atoms with E-state index in [1.165, 1.54) is 6.07 Å². The van der Waals surface area contributed by atoms with Crippen molar-refractivity contribution in [3.63, 3.8) is 0 Å². The summed E-state index contributed by atoms with van der Waals surface area (Å²) in [7, 11) is 0. The van der Waals surface area contributed by atoms with E-state index in [0.717, 1.165) is 16.7 Å². The molecule has 3 unspecified atom stereocenters. The first-order valence-corrected chi connectivity index (χ1v) is 14.7. The number of phenolic OH excluding ortho intramolecular Hbond substituents is 1. The lowest BCUT2D eigenvalue weighted by Gasteiger charge is -2.38. The van der Waals surface area contributed by atoms with Gasteiger partial charge < -0.3 is 25.4 Å². The molecule has 0 aromatic heterocycles. The second-order valence-corrected chi connectivity index (χ2v) is 12.1. The standard InChI is InChI=1S/C35H45N3O5/c1-9-25(5)38(33(41)28(21-26-16-11-10-12-17-26)36-34(42)43-35(6,7)8)31(27-18-19-29(39)24(4)20-27)32(40)37-30-22(2)14-13-15-23(30)3/h10-20,25,28,31,39H,9,21H2,1-8H3,(H,36,42)(H,37,40). The van der Waals surface area contributed by atoms with E-state index >= 15 is 0 Å². The van der Waals surface area contributed by atoms with E-state index in [2.05, 4.69) is 10.6 Å². The number of alkyl carbamates (subject to hydrolysis) is 1. The molecule has 0 bridgehead atoms. The second kappa shape index (κ2) is 14.2. The molecule has 230 valence electrons. The maximum atomic E-state index is 14.6.